The maximum absolute atomic E-state index is 12.1. The van der Waals surface area contributed by atoms with Gasteiger partial charge in [0.25, 0.3) is 0 Å². The van der Waals surface area contributed by atoms with E-state index in [1.54, 1.807) is 6.92 Å². The molecule has 1 rings (SSSR count). The molecule has 0 saturated carbocycles. The van der Waals surface area contributed by atoms with Crippen molar-refractivity contribution in [3.63, 3.8) is 0 Å². The highest BCUT2D eigenvalue weighted by Gasteiger charge is 2.38. The summed E-state index contributed by atoms with van der Waals surface area (Å²) in [6.07, 6.45) is -0.130. The Morgan fingerprint density at radius 3 is 2.58 bits per heavy atom. The predicted octanol–water partition coefficient (Wildman–Crippen LogP) is -0.964. The highest BCUT2D eigenvalue weighted by Crippen LogP contribution is 2.18. The lowest BCUT2D eigenvalue weighted by atomic mass is 10.1. The molecule has 108 valence electrons. The van der Waals surface area contributed by atoms with Crippen LogP contribution in [0.5, 0.6) is 0 Å². The van der Waals surface area contributed by atoms with Gasteiger partial charge in [-0.05, 0) is 6.42 Å². The summed E-state index contributed by atoms with van der Waals surface area (Å²) < 4.78 is 4.58. The second kappa shape index (κ2) is 6.51. The van der Waals surface area contributed by atoms with Crippen molar-refractivity contribution in [2.45, 2.75) is 44.9 Å². The molecular formula is C12H20N2O5. The molecular weight excluding hydrogens is 252 g/mol. The van der Waals surface area contributed by atoms with E-state index < -0.39 is 30.1 Å². The molecule has 0 radical (unpaired) electrons. The van der Waals surface area contributed by atoms with Crippen LogP contribution >= 0.6 is 0 Å². The van der Waals surface area contributed by atoms with Crippen molar-refractivity contribution in [2.24, 2.45) is 0 Å². The van der Waals surface area contributed by atoms with Gasteiger partial charge in [0.1, 0.15) is 12.1 Å². The Hall–Kier alpha value is -1.63. The molecule has 0 unspecified atom stereocenters. The second-order valence-corrected chi connectivity index (χ2v) is 4.57. The topological polar surface area (TPSA) is 95.9 Å². The minimum atomic E-state index is -0.732. The number of carbonyl (C=O) groups excluding carboxylic acids is 3. The molecule has 0 aliphatic carbocycles. The van der Waals surface area contributed by atoms with Gasteiger partial charge in [0.15, 0.2) is 0 Å². The summed E-state index contributed by atoms with van der Waals surface area (Å²) in [6.45, 7) is 3.23. The molecule has 1 aliphatic rings. The Kier molecular flexibility index (Phi) is 5.29. The van der Waals surface area contributed by atoms with E-state index in [2.05, 4.69) is 10.1 Å². The summed E-state index contributed by atoms with van der Waals surface area (Å²) in [7, 11) is 1.25. The Labute approximate surface area is 111 Å². The molecule has 3 atom stereocenters. The molecule has 1 aliphatic heterocycles. The second-order valence-electron chi connectivity index (χ2n) is 4.57. The van der Waals surface area contributed by atoms with Crippen LogP contribution in [0, 0.1) is 0 Å². The number of esters is 1. The molecule has 1 heterocycles. The van der Waals surface area contributed by atoms with Gasteiger partial charge in [-0.1, -0.05) is 6.92 Å². The Balaban J connectivity index is 2.71. The monoisotopic (exact) mass is 272 g/mol. The standard InChI is InChI=1S/C12H20N2O5/c1-4-9(12(18)19-3)13-11(17)10-5-8(16)6-14(10)7(2)15/h8-10,16H,4-6H2,1-3H3,(H,13,17)/t8-,9+,10+/m1/s1. The summed E-state index contributed by atoms with van der Waals surface area (Å²) in [6, 6.07) is -1.46. The molecule has 0 spiro atoms. The number of methoxy groups -OCH3 is 1. The first-order valence-corrected chi connectivity index (χ1v) is 6.24. The minimum Gasteiger partial charge on any atom is -0.467 e. The van der Waals surface area contributed by atoms with Gasteiger partial charge in [0.2, 0.25) is 11.8 Å². The van der Waals surface area contributed by atoms with Crippen molar-refractivity contribution in [3.8, 4) is 0 Å². The first-order chi connectivity index (χ1) is 8.90. The number of β-amino-alcohol motifs (C(OH)–C–C–N with tert-alkyl or cyclic N) is 1. The SMILES string of the molecule is CC[C@H](NC(=O)[C@@H]1C[C@@H](O)CN1C(C)=O)C(=O)OC. The fourth-order valence-electron chi connectivity index (χ4n) is 2.15. The number of amides is 2. The highest BCUT2D eigenvalue weighted by atomic mass is 16.5. The predicted molar refractivity (Wildman–Crippen MR) is 66.0 cm³/mol. The van der Waals surface area contributed by atoms with Gasteiger partial charge in [0.05, 0.1) is 13.2 Å². The van der Waals surface area contributed by atoms with Gasteiger partial charge in [-0.25, -0.2) is 4.79 Å². The summed E-state index contributed by atoms with van der Waals surface area (Å²) in [5, 5.41) is 12.1. The zero-order valence-corrected chi connectivity index (χ0v) is 11.4. The number of rotatable bonds is 4. The molecule has 19 heavy (non-hydrogen) atoms. The smallest absolute Gasteiger partial charge is 0.328 e. The summed E-state index contributed by atoms with van der Waals surface area (Å²) in [5.74, 6) is -1.24. The zero-order chi connectivity index (χ0) is 14.6. The molecule has 0 bridgehead atoms. The van der Waals surface area contributed by atoms with E-state index in [9.17, 15) is 19.5 Å². The van der Waals surface area contributed by atoms with Crippen molar-refractivity contribution in [1.29, 1.82) is 0 Å². The number of aliphatic hydroxyl groups excluding tert-OH is 1. The number of hydrogen-bond acceptors (Lipinski definition) is 5. The van der Waals surface area contributed by atoms with Gasteiger partial charge in [-0.2, -0.15) is 0 Å². The van der Waals surface area contributed by atoms with Crippen LogP contribution < -0.4 is 5.32 Å². The molecule has 1 saturated heterocycles. The maximum atomic E-state index is 12.1. The van der Waals surface area contributed by atoms with Crippen LogP contribution in [0.25, 0.3) is 0 Å². The Morgan fingerprint density at radius 1 is 1.47 bits per heavy atom. The minimum absolute atomic E-state index is 0.141. The lowest BCUT2D eigenvalue weighted by molar-refractivity contribution is -0.146. The van der Waals surface area contributed by atoms with Crippen LogP contribution in [0.2, 0.25) is 0 Å². The summed E-state index contributed by atoms with van der Waals surface area (Å²) >= 11 is 0. The molecule has 7 heteroatoms. The Bertz CT molecular complexity index is 371. The van der Waals surface area contributed by atoms with Crippen LogP contribution in [0.1, 0.15) is 26.7 Å². The molecule has 2 N–H and O–H groups in total. The average molecular weight is 272 g/mol. The molecule has 7 nitrogen and oxygen atoms in total. The van der Waals surface area contributed by atoms with E-state index in [0.29, 0.717) is 6.42 Å². The van der Waals surface area contributed by atoms with Crippen LogP contribution in [0.4, 0.5) is 0 Å². The van der Waals surface area contributed by atoms with Crippen molar-refractivity contribution < 1.29 is 24.2 Å². The van der Waals surface area contributed by atoms with E-state index in [1.807, 2.05) is 0 Å². The third kappa shape index (κ3) is 3.66. The quantitative estimate of drug-likeness (QED) is 0.642. The van der Waals surface area contributed by atoms with Crippen LogP contribution in [0.15, 0.2) is 0 Å². The van der Waals surface area contributed by atoms with E-state index in [1.165, 1.54) is 18.9 Å². The summed E-state index contributed by atoms with van der Waals surface area (Å²) in [4.78, 5) is 36.2. The van der Waals surface area contributed by atoms with Crippen molar-refractivity contribution in [3.05, 3.63) is 0 Å². The van der Waals surface area contributed by atoms with Gasteiger partial charge < -0.3 is 20.1 Å². The molecule has 1 fully saturated rings. The molecule has 2 amide bonds. The highest BCUT2D eigenvalue weighted by molar-refractivity contribution is 5.90. The van der Waals surface area contributed by atoms with Gasteiger partial charge in [-0.15, -0.1) is 0 Å². The number of nitrogens with zero attached hydrogens (tertiary/aromatic N) is 1. The number of carbonyl (C=O) groups is 3. The van der Waals surface area contributed by atoms with E-state index >= 15 is 0 Å². The number of aliphatic hydroxyl groups is 1. The first kappa shape index (κ1) is 15.4. The Morgan fingerprint density at radius 2 is 2.11 bits per heavy atom. The van der Waals surface area contributed by atoms with Crippen molar-refractivity contribution >= 4 is 17.8 Å². The van der Waals surface area contributed by atoms with E-state index in [-0.39, 0.29) is 18.9 Å². The lowest BCUT2D eigenvalue weighted by Crippen LogP contribution is -2.50. The van der Waals surface area contributed by atoms with Gasteiger partial charge in [-0.3, -0.25) is 9.59 Å². The fraction of sp³-hybridized carbons (Fsp3) is 0.750. The number of nitrogens with one attached hydrogen (secondary N) is 1. The molecule has 0 aromatic carbocycles. The van der Waals surface area contributed by atoms with Crippen LogP contribution in [-0.4, -0.2) is 59.6 Å². The van der Waals surface area contributed by atoms with E-state index in [4.69, 9.17) is 0 Å². The first-order valence-electron chi connectivity index (χ1n) is 6.24. The normalized spacial score (nSPS) is 23.9. The van der Waals surface area contributed by atoms with E-state index in [0.717, 1.165) is 0 Å². The maximum Gasteiger partial charge on any atom is 0.328 e. The third-order valence-electron chi connectivity index (χ3n) is 3.20. The fourth-order valence-corrected chi connectivity index (χ4v) is 2.15. The number of likely N-dealkylation sites (tertiary alicyclic amines) is 1. The van der Waals surface area contributed by atoms with Crippen molar-refractivity contribution in [2.75, 3.05) is 13.7 Å². The number of hydrogen-bond donors (Lipinski definition) is 2. The summed E-state index contributed by atoms with van der Waals surface area (Å²) in [5.41, 5.74) is 0. The third-order valence-corrected chi connectivity index (χ3v) is 3.20. The lowest BCUT2D eigenvalue weighted by Gasteiger charge is -2.24. The van der Waals surface area contributed by atoms with Crippen LogP contribution in [0.3, 0.4) is 0 Å². The molecule has 0 aromatic heterocycles. The largest absolute Gasteiger partial charge is 0.467 e. The molecule has 0 aromatic rings. The van der Waals surface area contributed by atoms with Gasteiger partial charge in [0, 0.05) is 19.9 Å². The van der Waals surface area contributed by atoms with Gasteiger partial charge >= 0.3 is 5.97 Å². The zero-order valence-electron chi connectivity index (χ0n) is 11.4. The van der Waals surface area contributed by atoms with Crippen molar-refractivity contribution in [1.82, 2.24) is 10.2 Å². The average Bonchev–Trinajstić information content (AvgIpc) is 2.77. The number of ether oxygens (including phenoxy) is 1. The van der Waals surface area contributed by atoms with Crippen LogP contribution in [-0.2, 0) is 19.1 Å².